The molecular formula is C25H24N2O3S3. The van der Waals surface area contributed by atoms with Gasteiger partial charge in [-0.25, -0.2) is 9.79 Å². The first kappa shape index (κ1) is 23.6. The number of thioether (sulfide) groups is 2. The number of thiazole rings is 1. The van der Waals surface area contributed by atoms with Crippen molar-refractivity contribution in [3.05, 3.63) is 90.6 Å². The maximum atomic E-state index is 13.6. The van der Waals surface area contributed by atoms with E-state index in [4.69, 9.17) is 4.74 Å². The third-order valence-corrected chi connectivity index (χ3v) is 7.83. The molecule has 8 heteroatoms. The Bertz CT molecular complexity index is 1380. The van der Waals surface area contributed by atoms with Crippen LogP contribution < -0.4 is 14.9 Å². The molecule has 0 aliphatic carbocycles. The molecule has 2 aromatic carbocycles. The van der Waals surface area contributed by atoms with Crippen molar-refractivity contribution in [3.8, 4) is 0 Å². The van der Waals surface area contributed by atoms with E-state index >= 15 is 0 Å². The smallest absolute Gasteiger partial charge is 0.338 e. The predicted octanol–water partition coefficient (Wildman–Crippen LogP) is 4.24. The Kier molecular flexibility index (Phi) is 7.26. The molecule has 0 bridgehead atoms. The van der Waals surface area contributed by atoms with E-state index in [9.17, 15) is 9.59 Å². The summed E-state index contributed by atoms with van der Waals surface area (Å²) >= 11 is 4.65. The van der Waals surface area contributed by atoms with Gasteiger partial charge in [0.15, 0.2) is 4.80 Å². The zero-order valence-electron chi connectivity index (χ0n) is 18.8. The summed E-state index contributed by atoms with van der Waals surface area (Å²) < 4.78 is 7.55. The van der Waals surface area contributed by atoms with Gasteiger partial charge in [0.2, 0.25) is 0 Å². The molecule has 0 saturated carbocycles. The number of hydrogen-bond acceptors (Lipinski definition) is 7. The normalized spacial score (nSPS) is 15.9. The number of ether oxygens (including phenoxy) is 1. The van der Waals surface area contributed by atoms with Gasteiger partial charge in [0.25, 0.3) is 5.56 Å². The summed E-state index contributed by atoms with van der Waals surface area (Å²) in [6, 6.07) is 15.4. The van der Waals surface area contributed by atoms with Gasteiger partial charge in [0, 0.05) is 9.79 Å². The summed E-state index contributed by atoms with van der Waals surface area (Å²) in [6.45, 7) is 3.82. The molecule has 1 aliphatic rings. The average molecular weight is 497 g/mol. The highest BCUT2D eigenvalue weighted by molar-refractivity contribution is 7.98. The van der Waals surface area contributed by atoms with E-state index in [1.165, 1.54) is 11.3 Å². The lowest BCUT2D eigenvalue weighted by molar-refractivity contribution is -0.139. The lowest BCUT2D eigenvalue weighted by atomic mass is 9.96. The summed E-state index contributed by atoms with van der Waals surface area (Å²) in [5, 5.41) is 0. The number of nitrogens with zero attached hydrogens (tertiary/aromatic N) is 2. The van der Waals surface area contributed by atoms with Crippen LogP contribution >= 0.6 is 34.9 Å². The maximum absolute atomic E-state index is 13.6. The van der Waals surface area contributed by atoms with Crippen molar-refractivity contribution in [2.24, 2.45) is 4.99 Å². The van der Waals surface area contributed by atoms with Gasteiger partial charge in [-0.1, -0.05) is 35.6 Å². The van der Waals surface area contributed by atoms with Crippen LogP contribution in [0.3, 0.4) is 0 Å². The van der Waals surface area contributed by atoms with E-state index < -0.39 is 12.0 Å². The molecule has 2 heterocycles. The average Bonchev–Trinajstić information content (AvgIpc) is 3.13. The molecule has 170 valence electrons. The van der Waals surface area contributed by atoms with Crippen molar-refractivity contribution >= 4 is 46.9 Å². The van der Waals surface area contributed by atoms with Crippen LogP contribution in [0.5, 0.6) is 0 Å². The van der Waals surface area contributed by atoms with Crippen molar-refractivity contribution in [3.63, 3.8) is 0 Å². The van der Waals surface area contributed by atoms with Crippen LogP contribution in [-0.4, -0.2) is 29.7 Å². The van der Waals surface area contributed by atoms with E-state index in [-0.39, 0.29) is 12.2 Å². The Morgan fingerprint density at radius 2 is 1.70 bits per heavy atom. The van der Waals surface area contributed by atoms with Crippen LogP contribution in [0, 0.1) is 0 Å². The van der Waals surface area contributed by atoms with Crippen LogP contribution in [0.2, 0.25) is 0 Å². The Morgan fingerprint density at radius 3 is 2.27 bits per heavy atom. The summed E-state index contributed by atoms with van der Waals surface area (Å²) in [5.41, 5.74) is 2.60. The fourth-order valence-electron chi connectivity index (χ4n) is 3.74. The zero-order chi connectivity index (χ0) is 23.5. The number of fused-ring (bicyclic) bond motifs is 1. The maximum Gasteiger partial charge on any atom is 0.338 e. The van der Waals surface area contributed by atoms with Crippen LogP contribution in [0.15, 0.2) is 79.4 Å². The summed E-state index contributed by atoms with van der Waals surface area (Å²) in [4.78, 5) is 34.0. The third-order valence-electron chi connectivity index (χ3n) is 5.36. The van der Waals surface area contributed by atoms with Crippen molar-refractivity contribution < 1.29 is 9.53 Å². The first-order valence-electron chi connectivity index (χ1n) is 10.4. The summed E-state index contributed by atoms with van der Waals surface area (Å²) in [5.74, 6) is -0.445. The first-order chi connectivity index (χ1) is 16.0. The fraction of sp³-hybridized carbons (Fsp3) is 0.240. The third kappa shape index (κ3) is 4.74. The number of esters is 1. The molecule has 0 spiro atoms. The predicted molar refractivity (Wildman–Crippen MR) is 137 cm³/mol. The minimum absolute atomic E-state index is 0.166. The van der Waals surface area contributed by atoms with Crippen molar-refractivity contribution in [2.75, 3.05) is 19.1 Å². The van der Waals surface area contributed by atoms with Gasteiger partial charge >= 0.3 is 5.97 Å². The molecule has 0 radical (unpaired) electrons. The van der Waals surface area contributed by atoms with Crippen LogP contribution in [0.1, 0.15) is 31.0 Å². The van der Waals surface area contributed by atoms with Crippen LogP contribution in [0.25, 0.3) is 6.08 Å². The lowest BCUT2D eigenvalue weighted by Gasteiger charge is -2.24. The zero-order valence-corrected chi connectivity index (χ0v) is 21.3. The highest BCUT2D eigenvalue weighted by Gasteiger charge is 2.33. The van der Waals surface area contributed by atoms with E-state index in [1.54, 1.807) is 41.9 Å². The molecule has 1 aromatic heterocycles. The number of rotatable bonds is 6. The molecule has 1 atom stereocenters. The van der Waals surface area contributed by atoms with Gasteiger partial charge in [-0.2, -0.15) is 0 Å². The van der Waals surface area contributed by atoms with Crippen LogP contribution in [0.4, 0.5) is 0 Å². The highest BCUT2D eigenvalue weighted by atomic mass is 32.2. The van der Waals surface area contributed by atoms with Gasteiger partial charge in [-0.05, 0) is 67.8 Å². The molecule has 0 saturated heterocycles. The molecule has 5 nitrogen and oxygen atoms in total. The van der Waals surface area contributed by atoms with E-state index in [0.29, 0.717) is 20.6 Å². The Morgan fingerprint density at radius 1 is 1.09 bits per heavy atom. The molecular weight excluding hydrogens is 472 g/mol. The van der Waals surface area contributed by atoms with Gasteiger partial charge in [-0.3, -0.25) is 9.36 Å². The quantitative estimate of drug-likeness (QED) is 0.377. The Hall–Kier alpha value is -2.55. The molecule has 0 amide bonds. The minimum Gasteiger partial charge on any atom is -0.463 e. The summed E-state index contributed by atoms with van der Waals surface area (Å²) in [6.07, 6.45) is 5.92. The highest BCUT2D eigenvalue weighted by Crippen LogP contribution is 2.31. The van der Waals surface area contributed by atoms with Gasteiger partial charge in [0.05, 0.1) is 28.5 Å². The summed E-state index contributed by atoms with van der Waals surface area (Å²) in [7, 11) is 0. The number of benzene rings is 2. The molecule has 1 aliphatic heterocycles. The van der Waals surface area contributed by atoms with Crippen molar-refractivity contribution in [1.29, 1.82) is 0 Å². The lowest BCUT2D eigenvalue weighted by Crippen LogP contribution is -2.39. The van der Waals surface area contributed by atoms with Gasteiger partial charge in [-0.15, -0.1) is 23.5 Å². The second kappa shape index (κ2) is 10.2. The standard InChI is InChI=1S/C25H24N2O3S3/c1-5-30-24(29)21-15(2)26-25-27(22(21)17-8-12-19(32-4)13-9-17)23(28)20(33-25)14-16-6-10-18(31-3)11-7-16/h6-14,22H,5H2,1-4H3/b20-14-. The first-order valence-corrected chi connectivity index (χ1v) is 13.7. The SMILES string of the molecule is CCOC(=O)C1=C(C)N=c2s/c(=C\c3ccc(SC)cc3)c(=O)n2C1c1ccc(SC)cc1. The van der Waals surface area contributed by atoms with Crippen molar-refractivity contribution in [1.82, 2.24) is 4.57 Å². The van der Waals surface area contributed by atoms with E-state index in [0.717, 1.165) is 20.9 Å². The van der Waals surface area contributed by atoms with E-state index in [2.05, 4.69) is 4.99 Å². The molecule has 3 aromatic rings. The largest absolute Gasteiger partial charge is 0.463 e. The second-order valence-corrected chi connectivity index (χ2v) is 10.1. The van der Waals surface area contributed by atoms with Crippen molar-refractivity contribution in [2.45, 2.75) is 29.7 Å². The second-order valence-electron chi connectivity index (χ2n) is 7.35. The van der Waals surface area contributed by atoms with E-state index in [1.807, 2.05) is 67.1 Å². The van der Waals surface area contributed by atoms with Crippen LogP contribution in [-0.2, 0) is 9.53 Å². The Balaban J connectivity index is 1.90. The number of hydrogen-bond donors (Lipinski definition) is 0. The molecule has 33 heavy (non-hydrogen) atoms. The molecule has 1 unspecified atom stereocenters. The number of carbonyl (C=O) groups excluding carboxylic acids is 1. The topological polar surface area (TPSA) is 60.7 Å². The monoisotopic (exact) mass is 496 g/mol. The molecule has 0 fully saturated rings. The number of aromatic nitrogens is 1. The minimum atomic E-state index is -0.586. The fourth-order valence-corrected chi connectivity index (χ4v) is 5.61. The Labute approximate surface area is 204 Å². The molecule has 0 N–H and O–H groups in total. The van der Waals surface area contributed by atoms with Gasteiger partial charge in [0.1, 0.15) is 0 Å². The number of carbonyl (C=O) groups is 1. The molecule has 4 rings (SSSR count). The number of allylic oxidation sites excluding steroid dienone is 1. The van der Waals surface area contributed by atoms with Gasteiger partial charge < -0.3 is 4.74 Å².